The summed E-state index contributed by atoms with van der Waals surface area (Å²) in [7, 11) is 1.71. The van der Waals surface area contributed by atoms with Gasteiger partial charge in [0.1, 0.15) is 5.84 Å². The SMILES string of the molecule is CCCC.CN=C(N)/C=C(\C)C1CC1. The van der Waals surface area contributed by atoms with E-state index in [1.165, 1.54) is 31.3 Å². The van der Waals surface area contributed by atoms with Crippen LogP contribution >= 0.6 is 0 Å². The van der Waals surface area contributed by atoms with Gasteiger partial charge in [-0.15, -0.1) is 0 Å². The molecule has 0 radical (unpaired) electrons. The molecule has 2 heteroatoms. The van der Waals surface area contributed by atoms with Crippen molar-refractivity contribution in [3.05, 3.63) is 11.6 Å². The van der Waals surface area contributed by atoms with Gasteiger partial charge in [0.2, 0.25) is 0 Å². The highest BCUT2D eigenvalue weighted by Gasteiger charge is 2.22. The number of hydrogen-bond acceptors (Lipinski definition) is 1. The number of hydrogen-bond donors (Lipinski definition) is 1. The molecule has 1 rings (SSSR count). The molecule has 0 heterocycles. The van der Waals surface area contributed by atoms with Crippen LogP contribution in [0.2, 0.25) is 0 Å². The van der Waals surface area contributed by atoms with Gasteiger partial charge in [0.05, 0.1) is 0 Å². The molecule has 14 heavy (non-hydrogen) atoms. The lowest BCUT2D eigenvalue weighted by Gasteiger charge is -1.94. The van der Waals surface area contributed by atoms with Gasteiger partial charge in [-0.05, 0) is 31.8 Å². The minimum absolute atomic E-state index is 0.643. The van der Waals surface area contributed by atoms with E-state index in [1.54, 1.807) is 7.05 Å². The van der Waals surface area contributed by atoms with E-state index in [1.807, 2.05) is 6.08 Å². The maximum atomic E-state index is 5.51. The van der Waals surface area contributed by atoms with Crippen LogP contribution in [-0.2, 0) is 0 Å². The van der Waals surface area contributed by atoms with Crippen molar-refractivity contribution in [2.75, 3.05) is 7.05 Å². The van der Waals surface area contributed by atoms with Crippen molar-refractivity contribution in [2.45, 2.75) is 46.5 Å². The number of amidine groups is 1. The second-order valence-corrected chi connectivity index (χ2v) is 3.81. The van der Waals surface area contributed by atoms with Crippen molar-refractivity contribution in [3.8, 4) is 0 Å². The smallest absolute Gasteiger partial charge is 0.117 e. The molecular weight excluding hydrogens is 172 g/mol. The Labute approximate surface area is 88.3 Å². The molecule has 1 aliphatic carbocycles. The summed E-state index contributed by atoms with van der Waals surface area (Å²) in [6, 6.07) is 0. The molecular formula is C12H24N2. The lowest BCUT2D eigenvalue weighted by Crippen LogP contribution is -2.08. The van der Waals surface area contributed by atoms with E-state index >= 15 is 0 Å². The van der Waals surface area contributed by atoms with Gasteiger partial charge in [-0.25, -0.2) is 0 Å². The Morgan fingerprint density at radius 1 is 1.36 bits per heavy atom. The maximum absolute atomic E-state index is 5.51. The van der Waals surface area contributed by atoms with Gasteiger partial charge >= 0.3 is 0 Å². The standard InChI is InChI=1S/C8H14N2.C4H10/c1-6(7-3-4-7)5-8(9)10-2;1-3-4-2/h5,7H,3-4H2,1-2H3,(H2,9,10);3-4H2,1-2H3/b6-5+;. The molecule has 0 bridgehead atoms. The second kappa shape index (κ2) is 7.60. The number of nitrogens with zero attached hydrogens (tertiary/aromatic N) is 1. The molecule has 0 atom stereocenters. The van der Waals surface area contributed by atoms with Crippen molar-refractivity contribution in [2.24, 2.45) is 16.6 Å². The van der Waals surface area contributed by atoms with Gasteiger partial charge in [-0.2, -0.15) is 0 Å². The van der Waals surface area contributed by atoms with Crippen molar-refractivity contribution in [1.29, 1.82) is 0 Å². The van der Waals surface area contributed by atoms with Gasteiger partial charge in [0, 0.05) is 7.05 Å². The molecule has 0 aromatic rings. The number of allylic oxidation sites excluding steroid dienone is 1. The summed E-state index contributed by atoms with van der Waals surface area (Å²) in [4.78, 5) is 3.86. The topological polar surface area (TPSA) is 38.4 Å². The fourth-order valence-electron chi connectivity index (χ4n) is 0.954. The van der Waals surface area contributed by atoms with Gasteiger partial charge in [0.15, 0.2) is 0 Å². The summed E-state index contributed by atoms with van der Waals surface area (Å²) < 4.78 is 0. The molecule has 0 amide bonds. The normalized spacial score (nSPS) is 17.4. The van der Waals surface area contributed by atoms with E-state index < -0.39 is 0 Å². The quantitative estimate of drug-likeness (QED) is 0.546. The largest absolute Gasteiger partial charge is 0.384 e. The molecule has 2 nitrogen and oxygen atoms in total. The Kier molecular flexibility index (Phi) is 7.17. The molecule has 1 fully saturated rings. The minimum atomic E-state index is 0.643. The van der Waals surface area contributed by atoms with Gasteiger partial charge in [-0.3, -0.25) is 4.99 Å². The summed E-state index contributed by atoms with van der Waals surface area (Å²) in [6.45, 7) is 6.48. The zero-order chi connectivity index (χ0) is 11.0. The lowest BCUT2D eigenvalue weighted by molar-refractivity contribution is 0.886. The Hall–Kier alpha value is -0.790. The molecule has 82 valence electrons. The molecule has 0 aliphatic heterocycles. The van der Waals surface area contributed by atoms with Crippen molar-refractivity contribution in [3.63, 3.8) is 0 Å². The number of unbranched alkanes of at least 4 members (excludes halogenated alkanes) is 1. The molecule has 2 N–H and O–H groups in total. The van der Waals surface area contributed by atoms with Crippen LogP contribution in [0.5, 0.6) is 0 Å². The first-order chi connectivity index (χ1) is 6.65. The van der Waals surface area contributed by atoms with Crippen molar-refractivity contribution in [1.82, 2.24) is 0 Å². The zero-order valence-electron chi connectivity index (χ0n) is 10.0. The fraction of sp³-hybridized carbons (Fsp3) is 0.750. The van der Waals surface area contributed by atoms with Crippen LogP contribution in [0.1, 0.15) is 46.5 Å². The van der Waals surface area contributed by atoms with Gasteiger partial charge in [0.25, 0.3) is 0 Å². The van der Waals surface area contributed by atoms with Crippen LogP contribution in [0.25, 0.3) is 0 Å². The first kappa shape index (κ1) is 13.2. The molecule has 0 saturated heterocycles. The molecule has 0 aromatic carbocycles. The molecule has 0 unspecified atom stereocenters. The molecule has 1 aliphatic rings. The average molecular weight is 196 g/mol. The molecule has 1 saturated carbocycles. The third-order valence-corrected chi connectivity index (χ3v) is 2.36. The summed E-state index contributed by atoms with van der Waals surface area (Å²) in [5.74, 6) is 1.45. The predicted octanol–water partition coefficient (Wildman–Crippen LogP) is 3.14. The highest BCUT2D eigenvalue weighted by molar-refractivity contribution is 5.91. The molecule has 0 aromatic heterocycles. The average Bonchev–Trinajstić information content (AvgIpc) is 3.01. The summed E-state index contributed by atoms with van der Waals surface area (Å²) in [5, 5.41) is 0. The van der Waals surface area contributed by atoms with E-state index in [0.717, 1.165) is 5.92 Å². The summed E-state index contributed by atoms with van der Waals surface area (Å²) in [5.41, 5.74) is 6.89. The van der Waals surface area contributed by atoms with E-state index in [-0.39, 0.29) is 0 Å². The van der Waals surface area contributed by atoms with Crippen LogP contribution in [0.15, 0.2) is 16.6 Å². The van der Waals surface area contributed by atoms with Crippen LogP contribution in [0.3, 0.4) is 0 Å². The van der Waals surface area contributed by atoms with Crippen molar-refractivity contribution >= 4 is 5.84 Å². The van der Waals surface area contributed by atoms with Crippen LogP contribution in [0, 0.1) is 5.92 Å². The number of aliphatic imine (C=N–C) groups is 1. The Balaban J connectivity index is 0.000000364. The van der Waals surface area contributed by atoms with Crippen LogP contribution in [0.4, 0.5) is 0 Å². The summed E-state index contributed by atoms with van der Waals surface area (Å²) in [6.07, 6.45) is 7.27. The summed E-state index contributed by atoms with van der Waals surface area (Å²) >= 11 is 0. The number of nitrogens with two attached hydrogens (primary N) is 1. The Morgan fingerprint density at radius 3 is 2.14 bits per heavy atom. The van der Waals surface area contributed by atoms with Crippen LogP contribution in [-0.4, -0.2) is 12.9 Å². The number of rotatable bonds is 3. The van der Waals surface area contributed by atoms with Gasteiger partial charge < -0.3 is 5.73 Å². The fourth-order valence-corrected chi connectivity index (χ4v) is 0.954. The van der Waals surface area contributed by atoms with E-state index in [9.17, 15) is 0 Å². The second-order valence-electron chi connectivity index (χ2n) is 3.81. The third-order valence-electron chi connectivity index (χ3n) is 2.36. The maximum Gasteiger partial charge on any atom is 0.117 e. The van der Waals surface area contributed by atoms with E-state index in [0.29, 0.717) is 5.84 Å². The Morgan fingerprint density at radius 2 is 1.86 bits per heavy atom. The first-order valence-corrected chi connectivity index (χ1v) is 5.56. The first-order valence-electron chi connectivity index (χ1n) is 5.56. The van der Waals surface area contributed by atoms with Crippen molar-refractivity contribution < 1.29 is 0 Å². The zero-order valence-corrected chi connectivity index (χ0v) is 10.0. The predicted molar refractivity (Wildman–Crippen MR) is 64.6 cm³/mol. The van der Waals surface area contributed by atoms with E-state index in [2.05, 4.69) is 25.8 Å². The lowest BCUT2D eigenvalue weighted by atomic mass is 10.2. The van der Waals surface area contributed by atoms with Crippen LogP contribution < -0.4 is 5.73 Å². The molecule has 0 spiro atoms. The van der Waals surface area contributed by atoms with E-state index in [4.69, 9.17) is 5.73 Å². The Bertz CT molecular complexity index is 198. The highest BCUT2D eigenvalue weighted by Crippen LogP contribution is 2.35. The minimum Gasteiger partial charge on any atom is -0.384 e. The monoisotopic (exact) mass is 196 g/mol. The highest BCUT2D eigenvalue weighted by atomic mass is 14.8. The van der Waals surface area contributed by atoms with Gasteiger partial charge in [-0.1, -0.05) is 32.3 Å². The third kappa shape index (κ3) is 6.70.